The maximum atomic E-state index is 5.86. The van der Waals surface area contributed by atoms with Gasteiger partial charge in [0, 0.05) is 0 Å². The SMILES string of the molecule is Cc1cccc(NC(N)=S)c1Oc1ccccc1. The maximum Gasteiger partial charge on any atom is 0.168 e. The molecule has 3 N–H and O–H groups in total. The van der Waals surface area contributed by atoms with Crippen LogP contribution in [0.3, 0.4) is 0 Å². The number of nitrogens with two attached hydrogens (primary N) is 1. The van der Waals surface area contributed by atoms with Crippen LogP contribution in [0.25, 0.3) is 0 Å². The normalized spacial score (nSPS) is 9.83. The summed E-state index contributed by atoms with van der Waals surface area (Å²) in [5, 5.41) is 3.14. The first-order chi connectivity index (χ1) is 8.66. The Morgan fingerprint density at radius 2 is 1.83 bits per heavy atom. The molecule has 18 heavy (non-hydrogen) atoms. The molecule has 0 saturated heterocycles. The van der Waals surface area contributed by atoms with E-state index in [9.17, 15) is 0 Å². The van der Waals surface area contributed by atoms with Crippen LogP contribution in [0.2, 0.25) is 0 Å². The summed E-state index contributed by atoms with van der Waals surface area (Å²) in [4.78, 5) is 0. The number of ether oxygens (including phenoxy) is 1. The molecule has 3 nitrogen and oxygen atoms in total. The second kappa shape index (κ2) is 5.51. The first kappa shape index (κ1) is 12.4. The summed E-state index contributed by atoms with van der Waals surface area (Å²) in [6, 6.07) is 15.4. The van der Waals surface area contributed by atoms with E-state index < -0.39 is 0 Å². The molecule has 0 fully saturated rings. The van der Waals surface area contributed by atoms with E-state index in [0.717, 1.165) is 22.7 Å². The predicted molar refractivity (Wildman–Crippen MR) is 78.1 cm³/mol. The van der Waals surface area contributed by atoms with Gasteiger partial charge < -0.3 is 15.8 Å². The molecule has 0 radical (unpaired) electrons. The van der Waals surface area contributed by atoms with Crippen molar-refractivity contribution in [1.29, 1.82) is 0 Å². The van der Waals surface area contributed by atoms with Crippen molar-refractivity contribution in [2.45, 2.75) is 6.92 Å². The van der Waals surface area contributed by atoms with Crippen molar-refractivity contribution >= 4 is 23.0 Å². The smallest absolute Gasteiger partial charge is 0.168 e. The van der Waals surface area contributed by atoms with Gasteiger partial charge in [-0.1, -0.05) is 30.3 Å². The molecule has 0 unspecified atom stereocenters. The Labute approximate surface area is 112 Å². The molecule has 0 amide bonds. The lowest BCUT2D eigenvalue weighted by atomic mass is 10.2. The van der Waals surface area contributed by atoms with Gasteiger partial charge in [-0.15, -0.1) is 0 Å². The third-order valence-electron chi connectivity index (χ3n) is 2.43. The van der Waals surface area contributed by atoms with E-state index in [4.69, 9.17) is 22.7 Å². The maximum absolute atomic E-state index is 5.86. The number of hydrogen-bond donors (Lipinski definition) is 2. The number of nitrogens with one attached hydrogen (secondary N) is 1. The van der Waals surface area contributed by atoms with E-state index in [2.05, 4.69) is 5.32 Å². The van der Waals surface area contributed by atoms with Crippen LogP contribution in [0.5, 0.6) is 11.5 Å². The molecule has 92 valence electrons. The summed E-state index contributed by atoms with van der Waals surface area (Å²) in [6.07, 6.45) is 0. The molecule has 0 spiro atoms. The van der Waals surface area contributed by atoms with Crippen molar-refractivity contribution < 1.29 is 4.74 Å². The number of benzene rings is 2. The van der Waals surface area contributed by atoms with E-state index in [1.54, 1.807) is 0 Å². The van der Waals surface area contributed by atoms with E-state index in [0.29, 0.717) is 0 Å². The van der Waals surface area contributed by atoms with E-state index in [1.165, 1.54) is 0 Å². The zero-order valence-electron chi connectivity index (χ0n) is 10.0. The molecule has 0 bridgehead atoms. The van der Waals surface area contributed by atoms with Crippen LogP contribution in [-0.2, 0) is 0 Å². The monoisotopic (exact) mass is 258 g/mol. The fraction of sp³-hybridized carbons (Fsp3) is 0.0714. The average Bonchev–Trinajstić information content (AvgIpc) is 2.34. The quantitative estimate of drug-likeness (QED) is 0.828. The van der Waals surface area contributed by atoms with Gasteiger partial charge in [0.15, 0.2) is 10.9 Å². The van der Waals surface area contributed by atoms with E-state index in [1.807, 2.05) is 55.5 Å². The van der Waals surface area contributed by atoms with Crippen LogP contribution in [-0.4, -0.2) is 5.11 Å². The molecule has 2 aromatic carbocycles. The lowest BCUT2D eigenvalue weighted by Gasteiger charge is -2.14. The minimum Gasteiger partial charge on any atom is -0.455 e. The zero-order valence-corrected chi connectivity index (χ0v) is 10.8. The highest BCUT2D eigenvalue weighted by Gasteiger charge is 2.08. The van der Waals surface area contributed by atoms with Crippen molar-refractivity contribution in [3.63, 3.8) is 0 Å². The van der Waals surface area contributed by atoms with Crippen molar-refractivity contribution in [3.05, 3.63) is 54.1 Å². The summed E-state index contributed by atoms with van der Waals surface area (Å²) < 4.78 is 5.86. The van der Waals surface area contributed by atoms with Gasteiger partial charge >= 0.3 is 0 Å². The molecule has 0 heterocycles. The topological polar surface area (TPSA) is 47.3 Å². The molecule has 2 rings (SSSR count). The van der Waals surface area contributed by atoms with Gasteiger partial charge in [-0.05, 0) is 42.9 Å². The van der Waals surface area contributed by atoms with Crippen molar-refractivity contribution in [2.24, 2.45) is 5.73 Å². The highest BCUT2D eigenvalue weighted by Crippen LogP contribution is 2.32. The number of hydrogen-bond acceptors (Lipinski definition) is 2. The highest BCUT2D eigenvalue weighted by atomic mass is 32.1. The Morgan fingerprint density at radius 3 is 2.50 bits per heavy atom. The molecule has 2 aromatic rings. The average molecular weight is 258 g/mol. The summed E-state index contributed by atoms with van der Waals surface area (Å²) in [5.41, 5.74) is 7.29. The van der Waals surface area contributed by atoms with Crippen LogP contribution in [0.15, 0.2) is 48.5 Å². The number of aryl methyl sites for hydroxylation is 1. The second-order valence-electron chi connectivity index (χ2n) is 3.86. The Bertz CT molecular complexity index is 555. The van der Waals surface area contributed by atoms with Crippen molar-refractivity contribution in [3.8, 4) is 11.5 Å². The van der Waals surface area contributed by atoms with Crippen LogP contribution < -0.4 is 15.8 Å². The first-order valence-corrected chi connectivity index (χ1v) is 5.96. The number of thiocarbonyl (C=S) groups is 1. The molecule has 0 aliphatic rings. The minimum atomic E-state index is 0.221. The molecular weight excluding hydrogens is 244 g/mol. The van der Waals surface area contributed by atoms with Gasteiger partial charge in [-0.3, -0.25) is 0 Å². The second-order valence-corrected chi connectivity index (χ2v) is 4.30. The first-order valence-electron chi connectivity index (χ1n) is 5.56. The van der Waals surface area contributed by atoms with Gasteiger partial charge in [0.2, 0.25) is 0 Å². The van der Waals surface area contributed by atoms with Gasteiger partial charge in [0.1, 0.15) is 5.75 Å². The summed E-state index contributed by atoms with van der Waals surface area (Å²) >= 11 is 4.86. The minimum absolute atomic E-state index is 0.221. The van der Waals surface area contributed by atoms with Gasteiger partial charge in [0.05, 0.1) is 5.69 Å². The Kier molecular flexibility index (Phi) is 3.79. The number of rotatable bonds is 3. The van der Waals surface area contributed by atoms with Gasteiger partial charge in [0.25, 0.3) is 0 Å². The largest absolute Gasteiger partial charge is 0.455 e. The molecule has 0 aromatic heterocycles. The standard InChI is InChI=1S/C14H14N2OS/c1-10-6-5-9-12(16-14(15)18)13(10)17-11-7-3-2-4-8-11/h2-9H,1H3,(H3,15,16,18). The van der Waals surface area contributed by atoms with Gasteiger partial charge in [-0.2, -0.15) is 0 Å². The predicted octanol–water partition coefficient (Wildman–Crippen LogP) is 3.44. The van der Waals surface area contributed by atoms with E-state index >= 15 is 0 Å². The van der Waals surface area contributed by atoms with Crippen LogP contribution in [0.4, 0.5) is 5.69 Å². The molecule has 0 atom stereocenters. The Hall–Kier alpha value is -2.07. The lowest BCUT2D eigenvalue weighted by Crippen LogP contribution is -2.19. The van der Waals surface area contributed by atoms with Crippen LogP contribution in [0.1, 0.15) is 5.56 Å². The van der Waals surface area contributed by atoms with E-state index in [-0.39, 0.29) is 5.11 Å². The number of anilines is 1. The Balaban J connectivity index is 2.34. The third-order valence-corrected chi connectivity index (χ3v) is 2.53. The molecular formula is C14H14N2OS. The van der Waals surface area contributed by atoms with Crippen LogP contribution in [0, 0.1) is 6.92 Å². The highest BCUT2D eigenvalue weighted by molar-refractivity contribution is 7.80. The summed E-state index contributed by atoms with van der Waals surface area (Å²) in [7, 11) is 0. The van der Waals surface area contributed by atoms with Gasteiger partial charge in [-0.25, -0.2) is 0 Å². The number of para-hydroxylation sites is 2. The van der Waals surface area contributed by atoms with Crippen molar-refractivity contribution in [2.75, 3.05) is 5.32 Å². The fourth-order valence-electron chi connectivity index (χ4n) is 1.63. The molecule has 4 heteroatoms. The summed E-state index contributed by atoms with van der Waals surface area (Å²) in [6.45, 7) is 1.98. The van der Waals surface area contributed by atoms with Crippen LogP contribution >= 0.6 is 12.2 Å². The third kappa shape index (κ3) is 2.99. The lowest BCUT2D eigenvalue weighted by molar-refractivity contribution is 0.481. The fourth-order valence-corrected chi connectivity index (χ4v) is 1.74. The summed E-state index contributed by atoms with van der Waals surface area (Å²) in [5.74, 6) is 1.51. The van der Waals surface area contributed by atoms with Crippen molar-refractivity contribution in [1.82, 2.24) is 0 Å². The molecule has 0 saturated carbocycles. The molecule has 0 aliphatic heterocycles. The molecule has 0 aliphatic carbocycles. The zero-order chi connectivity index (χ0) is 13.0. The Morgan fingerprint density at radius 1 is 1.11 bits per heavy atom.